The van der Waals surface area contributed by atoms with Crippen molar-refractivity contribution in [2.75, 3.05) is 6.54 Å². The molecular formula is C17H31NO3. The number of aliphatic hydroxyl groups is 1. The van der Waals surface area contributed by atoms with Crippen molar-refractivity contribution in [1.29, 1.82) is 0 Å². The van der Waals surface area contributed by atoms with Crippen molar-refractivity contribution in [2.24, 2.45) is 11.8 Å². The molecule has 0 saturated heterocycles. The minimum atomic E-state index is -0.500. The highest BCUT2D eigenvalue weighted by Gasteiger charge is 2.45. The van der Waals surface area contributed by atoms with Gasteiger partial charge in [0.1, 0.15) is 5.60 Å². The van der Waals surface area contributed by atoms with E-state index in [0.717, 1.165) is 25.7 Å². The zero-order chi connectivity index (χ0) is 15.9. The van der Waals surface area contributed by atoms with Crippen LogP contribution in [-0.2, 0) is 9.53 Å². The van der Waals surface area contributed by atoms with Crippen LogP contribution in [0.1, 0.15) is 66.7 Å². The van der Waals surface area contributed by atoms with Crippen molar-refractivity contribution >= 4 is 5.97 Å². The lowest BCUT2D eigenvalue weighted by Crippen LogP contribution is -2.54. The Morgan fingerprint density at radius 3 is 2.19 bits per heavy atom. The topological polar surface area (TPSA) is 58.6 Å². The Hall–Kier alpha value is -0.610. The van der Waals surface area contributed by atoms with Crippen LogP contribution in [0, 0.1) is 11.8 Å². The number of carbonyl (C=O) groups excluding carboxylic acids is 1. The molecule has 0 amide bonds. The van der Waals surface area contributed by atoms with Crippen LogP contribution >= 0.6 is 0 Å². The van der Waals surface area contributed by atoms with Crippen LogP contribution in [-0.4, -0.2) is 34.4 Å². The number of hydrogen-bond acceptors (Lipinski definition) is 4. The summed E-state index contributed by atoms with van der Waals surface area (Å²) < 4.78 is 5.36. The molecule has 0 heterocycles. The van der Waals surface area contributed by atoms with Gasteiger partial charge in [-0.05, 0) is 78.6 Å². The SMILES string of the molecule is CC1(O)CC2CC(C1)CC(C)(NCC(=O)OC(C)(C)C)C2. The third kappa shape index (κ3) is 4.96. The van der Waals surface area contributed by atoms with E-state index in [1.54, 1.807) is 0 Å². The summed E-state index contributed by atoms with van der Waals surface area (Å²) in [6.45, 7) is 10.1. The van der Waals surface area contributed by atoms with E-state index in [9.17, 15) is 9.90 Å². The fourth-order valence-corrected chi connectivity index (χ4v) is 4.44. The third-order valence-electron chi connectivity index (χ3n) is 4.68. The normalized spacial score (nSPS) is 39.9. The van der Waals surface area contributed by atoms with Crippen LogP contribution in [0.15, 0.2) is 0 Å². The molecule has 2 unspecified atom stereocenters. The van der Waals surface area contributed by atoms with E-state index in [1.807, 2.05) is 27.7 Å². The fourth-order valence-electron chi connectivity index (χ4n) is 4.44. The lowest BCUT2D eigenvalue weighted by Gasteiger charge is -2.50. The van der Waals surface area contributed by atoms with Gasteiger partial charge in [-0.3, -0.25) is 4.79 Å². The predicted molar refractivity (Wildman–Crippen MR) is 82.9 cm³/mol. The number of rotatable bonds is 3. The number of carbonyl (C=O) groups is 1. The lowest BCUT2D eigenvalue weighted by molar-refractivity contribution is -0.154. The van der Waals surface area contributed by atoms with Crippen LogP contribution < -0.4 is 5.32 Å². The quantitative estimate of drug-likeness (QED) is 0.786. The second-order valence-electron chi connectivity index (χ2n) is 8.78. The van der Waals surface area contributed by atoms with Gasteiger partial charge < -0.3 is 15.2 Å². The molecule has 0 radical (unpaired) electrons. The Labute approximate surface area is 128 Å². The van der Waals surface area contributed by atoms with E-state index in [4.69, 9.17) is 4.74 Å². The zero-order valence-electron chi connectivity index (χ0n) is 14.2. The zero-order valence-corrected chi connectivity index (χ0v) is 14.2. The molecule has 2 bridgehead atoms. The van der Waals surface area contributed by atoms with Gasteiger partial charge in [0.05, 0.1) is 12.1 Å². The van der Waals surface area contributed by atoms with Crippen molar-refractivity contribution in [3.63, 3.8) is 0 Å². The summed E-state index contributed by atoms with van der Waals surface area (Å²) in [5, 5.41) is 13.7. The summed E-state index contributed by atoms with van der Waals surface area (Å²) in [5.41, 5.74) is -0.942. The first-order valence-electron chi connectivity index (χ1n) is 8.16. The number of hydrogen-bond donors (Lipinski definition) is 2. The number of nitrogens with one attached hydrogen (secondary N) is 1. The van der Waals surface area contributed by atoms with Gasteiger partial charge in [-0.1, -0.05) is 0 Å². The molecule has 4 heteroatoms. The fraction of sp³-hybridized carbons (Fsp3) is 0.941. The molecule has 122 valence electrons. The maximum Gasteiger partial charge on any atom is 0.320 e. The first kappa shape index (κ1) is 16.8. The summed E-state index contributed by atoms with van der Waals surface area (Å²) in [5.74, 6) is 0.929. The summed E-state index contributed by atoms with van der Waals surface area (Å²) >= 11 is 0. The molecule has 0 aromatic heterocycles. The van der Waals surface area contributed by atoms with Gasteiger partial charge >= 0.3 is 5.97 Å². The van der Waals surface area contributed by atoms with Crippen molar-refractivity contribution in [1.82, 2.24) is 5.32 Å². The first-order valence-corrected chi connectivity index (χ1v) is 8.16. The molecule has 0 aromatic rings. The maximum absolute atomic E-state index is 11.9. The third-order valence-corrected chi connectivity index (χ3v) is 4.68. The highest BCUT2D eigenvalue weighted by Crippen LogP contribution is 2.47. The molecule has 2 atom stereocenters. The Morgan fingerprint density at radius 1 is 1.19 bits per heavy atom. The molecule has 2 aliphatic rings. The molecule has 0 spiro atoms. The minimum Gasteiger partial charge on any atom is -0.459 e. The van der Waals surface area contributed by atoms with Crippen LogP contribution in [0.4, 0.5) is 0 Å². The Kier molecular flexibility index (Phi) is 4.42. The molecule has 0 aromatic carbocycles. The van der Waals surface area contributed by atoms with Crippen molar-refractivity contribution in [3.05, 3.63) is 0 Å². The molecular weight excluding hydrogens is 266 g/mol. The van der Waals surface area contributed by atoms with E-state index in [0.29, 0.717) is 11.8 Å². The van der Waals surface area contributed by atoms with Gasteiger partial charge in [0.2, 0.25) is 0 Å². The highest BCUT2D eigenvalue weighted by molar-refractivity contribution is 5.72. The van der Waals surface area contributed by atoms with Gasteiger partial charge in [0.15, 0.2) is 0 Å². The number of ether oxygens (including phenoxy) is 1. The predicted octanol–water partition coefficient (Wildman–Crippen LogP) is 2.64. The molecule has 2 saturated carbocycles. The van der Waals surface area contributed by atoms with Crippen LogP contribution in [0.25, 0.3) is 0 Å². The molecule has 21 heavy (non-hydrogen) atoms. The smallest absolute Gasteiger partial charge is 0.320 e. The van der Waals surface area contributed by atoms with E-state index in [1.165, 1.54) is 6.42 Å². The minimum absolute atomic E-state index is 0.0129. The number of esters is 1. The Bertz CT molecular complexity index is 381. The molecule has 4 nitrogen and oxygen atoms in total. The molecule has 2 rings (SSSR count). The van der Waals surface area contributed by atoms with Crippen LogP contribution in [0.5, 0.6) is 0 Å². The number of fused-ring (bicyclic) bond motifs is 2. The molecule has 2 fully saturated rings. The Morgan fingerprint density at radius 2 is 1.71 bits per heavy atom. The van der Waals surface area contributed by atoms with Gasteiger partial charge in [0.25, 0.3) is 0 Å². The molecule has 2 N–H and O–H groups in total. The summed E-state index contributed by atoms with van der Waals surface area (Å²) in [6.07, 6.45) is 5.05. The monoisotopic (exact) mass is 297 g/mol. The average molecular weight is 297 g/mol. The van der Waals surface area contributed by atoms with E-state index in [-0.39, 0.29) is 18.1 Å². The molecule has 2 aliphatic carbocycles. The van der Waals surface area contributed by atoms with Gasteiger partial charge in [0, 0.05) is 5.54 Å². The maximum atomic E-state index is 11.9. The summed E-state index contributed by atoms with van der Waals surface area (Å²) in [7, 11) is 0. The first-order chi connectivity index (χ1) is 9.46. The summed E-state index contributed by atoms with van der Waals surface area (Å²) in [4.78, 5) is 11.9. The lowest BCUT2D eigenvalue weighted by atomic mass is 9.61. The average Bonchev–Trinajstić information content (AvgIpc) is 2.20. The van der Waals surface area contributed by atoms with Gasteiger partial charge in [-0.25, -0.2) is 0 Å². The largest absolute Gasteiger partial charge is 0.459 e. The van der Waals surface area contributed by atoms with Crippen molar-refractivity contribution in [2.45, 2.75) is 83.5 Å². The van der Waals surface area contributed by atoms with Gasteiger partial charge in [-0.2, -0.15) is 0 Å². The highest BCUT2D eigenvalue weighted by atomic mass is 16.6. The summed E-state index contributed by atoms with van der Waals surface area (Å²) in [6, 6.07) is 0. The second kappa shape index (κ2) is 5.54. The van der Waals surface area contributed by atoms with E-state index >= 15 is 0 Å². The molecule has 0 aliphatic heterocycles. The van der Waals surface area contributed by atoms with Gasteiger partial charge in [-0.15, -0.1) is 0 Å². The second-order valence-corrected chi connectivity index (χ2v) is 8.78. The van der Waals surface area contributed by atoms with Crippen LogP contribution in [0.3, 0.4) is 0 Å². The van der Waals surface area contributed by atoms with Crippen molar-refractivity contribution in [3.8, 4) is 0 Å². The van der Waals surface area contributed by atoms with Crippen LogP contribution in [0.2, 0.25) is 0 Å². The van der Waals surface area contributed by atoms with E-state index in [2.05, 4.69) is 12.2 Å². The standard InChI is InChI=1S/C17H31NO3/c1-15(2,3)21-14(19)11-18-16(4)7-12-6-13(8-16)10-17(5,20)9-12/h12-13,18,20H,6-11H2,1-5H3. The van der Waals surface area contributed by atoms with E-state index < -0.39 is 11.2 Å². The Balaban J connectivity index is 1.88. The van der Waals surface area contributed by atoms with Crippen molar-refractivity contribution < 1.29 is 14.6 Å².